The summed E-state index contributed by atoms with van der Waals surface area (Å²) in [4.78, 5) is 0. The Morgan fingerprint density at radius 3 is 2.00 bits per heavy atom. The van der Waals surface area contributed by atoms with Gasteiger partial charge in [-0.2, -0.15) is 0 Å². The van der Waals surface area contributed by atoms with E-state index in [-0.39, 0.29) is 0 Å². The third-order valence-electron chi connectivity index (χ3n) is 3.27. The lowest BCUT2D eigenvalue weighted by molar-refractivity contribution is 0.406. The number of hydrogen-bond donors (Lipinski definition) is 1. The van der Waals surface area contributed by atoms with Crippen molar-refractivity contribution in [3.05, 3.63) is 59.7 Å². The molecule has 0 aliphatic rings. The predicted octanol–water partition coefficient (Wildman–Crippen LogP) is 3.04. The van der Waals surface area contributed by atoms with Crippen LogP contribution in [0.5, 0.6) is 11.5 Å². The van der Waals surface area contributed by atoms with Crippen LogP contribution in [0.25, 0.3) is 0 Å². The zero-order chi connectivity index (χ0) is 14.2. The standard InChI is InChI=1S/C17H21NO2/c1-19-16-9-5-3-7-14(16)11-12-18-13-15-8-4-6-10-17(15)20-2/h3-10,18H,11-13H2,1-2H3. The number of ether oxygens (including phenoxy) is 2. The molecule has 0 aliphatic heterocycles. The molecule has 20 heavy (non-hydrogen) atoms. The lowest BCUT2D eigenvalue weighted by Crippen LogP contribution is -2.17. The van der Waals surface area contributed by atoms with Crippen LogP contribution in [0.1, 0.15) is 11.1 Å². The zero-order valence-electron chi connectivity index (χ0n) is 12.1. The van der Waals surface area contributed by atoms with Gasteiger partial charge in [-0.3, -0.25) is 0 Å². The first-order valence-electron chi connectivity index (χ1n) is 6.79. The van der Waals surface area contributed by atoms with Gasteiger partial charge in [-0.1, -0.05) is 36.4 Å². The number of rotatable bonds is 7. The molecule has 0 aromatic heterocycles. The van der Waals surface area contributed by atoms with Gasteiger partial charge in [0.05, 0.1) is 14.2 Å². The molecule has 2 aromatic rings. The number of benzene rings is 2. The van der Waals surface area contributed by atoms with E-state index in [0.717, 1.165) is 31.0 Å². The summed E-state index contributed by atoms with van der Waals surface area (Å²) in [6.07, 6.45) is 0.944. The van der Waals surface area contributed by atoms with Gasteiger partial charge < -0.3 is 14.8 Å². The van der Waals surface area contributed by atoms with Crippen molar-refractivity contribution < 1.29 is 9.47 Å². The molecule has 106 valence electrons. The molecule has 2 rings (SSSR count). The van der Waals surface area contributed by atoms with Crippen molar-refractivity contribution in [2.45, 2.75) is 13.0 Å². The van der Waals surface area contributed by atoms with Gasteiger partial charge in [-0.15, -0.1) is 0 Å². The normalized spacial score (nSPS) is 10.3. The molecular formula is C17H21NO2. The highest BCUT2D eigenvalue weighted by molar-refractivity contribution is 5.34. The maximum Gasteiger partial charge on any atom is 0.123 e. The van der Waals surface area contributed by atoms with Gasteiger partial charge in [0.25, 0.3) is 0 Å². The Morgan fingerprint density at radius 1 is 0.800 bits per heavy atom. The fourth-order valence-electron chi connectivity index (χ4n) is 2.20. The third kappa shape index (κ3) is 3.75. The molecule has 3 heteroatoms. The van der Waals surface area contributed by atoms with Crippen LogP contribution in [0.2, 0.25) is 0 Å². The van der Waals surface area contributed by atoms with Crippen LogP contribution < -0.4 is 14.8 Å². The van der Waals surface area contributed by atoms with Crippen LogP contribution >= 0.6 is 0 Å². The maximum atomic E-state index is 5.35. The van der Waals surface area contributed by atoms with Crippen LogP contribution in [-0.4, -0.2) is 20.8 Å². The number of methoxy groups -OCH3 is 2. The highest BCUT2D eigenvalue weighted by atomic mass is 16.5. The van der Waals surface area contributed by atoms with Crippen molar-refractivity contribution in [1.29, 1.82) is 0 Å². The number of hydrogen-bond acceptors (Lipinski definition) is 3. The first kappa shape index (κ1) is 14.4. The second-order valence-corrected chi connectivity index (χ2v) is 4.55. The summed E-state index contributed by atoms with van der Waals surface area (Å²) in [6.45, 7) is 1.71. The van der Waals surface area contributed by atoms with Crippen molar-refractivity contribution in [2.75, 3.05) is 20.8 Å². The summed E-state index contributed by atoms with van der Waals surface area (Å²) in [5, 5.41) is 3.44. The Labute approximate surface area is 120 Å². The summed E-state index contributed by atoms with van der Waals surface area (Å²) in [5.74, 6) is 1.88. The van der Waals surface area contributed by atoms with E-state index >= 15 is 0 Å². The van der Waals surface area contributed by atoms with Gasteiger partial charge >= 0.3 is 0 Å². The van der Waals surface area contributed by atoms with Crippen LogP contribution in [0.15, 0.2) is 48.5 Å². The fraction of sp³-hybridized carbons (Fsp3) is 0.294. The summed E-state index contributed by atoms with van der Waals surface area (Å²) >= 11 is 0. The van der Waals surface area contributed by atoms with E-state index in [1.165, 1.54) is 11.1 Å². The molecule has 0 unspecified atom stereocenters. The topological polar surface area (TPSA) is 30.5 Å². The molecule has 0 saturated carbocycles. The molecule has 0 bridgehead atoms. The summed E-state index contributed by atoms with van der Waals surface area (Å²) in [6, 6.07) is 16.2. The van der Waals surface area contributed by atoms with E-state index in [1.54, 1.807) is 14.2 Å². The molecule has 0 radical (unpaired) electrons. The van der Waals surface area contributed by atoms with Crippen molar-refractivity contribution >= 4 is 0 Å². The lowest BCUT2D eigenvalue weighted by Gasteiger charge is -2.11. The lowest BCUT2D eigenvalue weighted by atomic mass is 10.1. The highest BCUT2D eigenvalue weighted by Gasteiger charge is 2.03. The van der Waals surface area contributed by atoms with E-state index in [1.807, 2.05) is 36.4 Å². The van der Waals surface area contributed by atoms with Gasteiger partial charge in [0.1, 0.15) is 11.5 Å². The number of para-hydroxylation sites is 2. The molecule has 0 fully saturated rings. The van der Waals surface area contributed by atoms with Crippen molar-refractivity contribution in [1.82, 2.24) is 5.32 Å². The monoisotopic (exact) mass is 271 g/mol. The van der Waals surface area contributed by atoms with Crippen molar-refractivity contribution in [2.24, 2.45) is 0 Å². The Morgan fingerprint density at radius 2 is 1.35 bits per heavy atom. The van der Waals surface area contributed by atoms with Crippen molar-refractivity contribution in [3.8, 4) is 11.5 Å². The van der Waals surface area contributed by atoms with Crippen molar-refractivity contribution in [3.63, 3.8) is 0 Å². The first-order valence-corrected chi connectivity index (χ1v) is 6.79. The van der Waals surface area contributed by atoms with Gasteiger partial charge in [0, 0.05) is 12.1 Å². The minimum absolute atomic E-state index is 0.805. The summed E-state index contributed by atoms with van der Waals surface area (Å²) in [5.41, 5.74) is 2.40. The average molecular weight is 271 g/mol. The Balaban J connectivity index is 1.84. The number of nitrogens with one attached hydrogen (secondary N) is 1. The Bertz CT molecular complexity index is 491. The van der Waals surface area contributed by atoms with E-state index in [2.05, 4.69) is 17.4 Å². The quantitative estimate of drug-likeness (QED) is 0.785. The maximum absolute atomic E-state index is 5.35. The van der Waals surface area contributed by atoms with E-state index in [4.69, 9.17) is 9.47 Å². The molecule has 0 saturated heterocycles. The predicted molar refractivity (Wildman–Crippen MR) is 81.4 cm³/mol. The molecule has 0 atom stereocenters. The minimum atomic E-state index is 0.805. The average Bonchev–Trinajstić information content (AvgIpc) is 2.52. The minimum Gasteiger partial charge on any atom is -0.496 e. The molecule has 2 aromatic carbocycles. The second-order valence-electron chi connectivity index (χ2n) is 4.55. The van der Waals surface area contributed by atoms with E-state index in [0.29, 0.717) is 0 Å². The van der Waals surface area contributed by atoms with Gasteiger partial charge in [0.2, 0.25) is 0 Å². The molecular weight excluding hydrogens is 250 g/mol. The largest absolute Gasteiger partial charge is 0.496 e. The van der Waals surface area contributed by atoms with Crippen LogP contribution in [0.3, 0.4) is 0 Å². The van der Waals surface area contributed by atoms with Gasteiger partial charge in [-0.25, -0.2) is 0 Å². The zero-order valence-corrected chi connectivity index (χ0v) is 12.1. The molecule has 0 aliphatic carbocycles. The summed E-state index contributed by atoms with van der Waals surface area (Å²) in [7, 11) is 3.41. The van der Waals surface area contributed by atoms with Crippen LogP contribution in [0, 0.1) is 0 Å². The van der Waals surface area contributed by atoms with Gasteiger partial charge in [-0.05, 0) is 30.7 Å². The van der Waals surface area contributed by atoms with Crippen LogP contribution in [0.4, 0.5) is 0 Å². The van der Waals surface area contributed by atoms with E-state index in [9.17, 15) is 0 Å². The second kappa shape index (κ2) is 7.56. The third-order valence-corrected chi connectivity index (χ3v) is 3.27. The van der Waals surface area contributed by atoms with Gasteiger partial charge in [0.15, 0.2) is 0 Å². The highest BCUT2D eigenvalue weighted by Crippen LogP contribution is 2.18. The van der Waals surface area contributed by atoms with Crippen LogP contribution in [-0.2, 0) is 13.0 Å². The molecule has 0 amide bonds. The Kier molecular flexibility index (Phi) is 5.44. The molecule has 3 nitrogen and oxygen atoms in total. The SMILES string of the molecule is COc1ccccc1CCNCc1ccccc1OC. The fourth-order valence-corrected chi connectivity index (χ4v) is 2.20. The molecule has 1 N–H and O–H groups in total. The molecule has 0 spiro atoms. The summed E-state index contributed by atoms with van der Waals surface area (Å²) < 4.78 is 10.7. The Hall–Kier alpha value is -2.00. The first-order chi connectivity index (χ1) is 9.85. The molecule has 0 heterocycles. The van der Waals surface area contributed by atoms with E-state index < -0.39 is 0 Å². The smallest absolute Gasteiger partial charge is 0.123 e.